The molecule has 4 heterocycles. The van der Waals surface area contributed by atoms with Crippen LogP contribution in [0.5, 0.6) is 5.75 Å². The number of piperazine rings is 1. The maximum Gasteiger partial charge on any atom is 0.265 e. The highest BCUT2D eigenvalue weighted by Gasteiger charge is 2.25. The second-order valence-electron chi connectivity index (χ2n) is 9.49. The Morgan fingerprint density at radius 1 is 0.943 bits per heavy atom. The minimum atomic E-state index is 0.0967. The van der Waals surface area contributed by atoms with Crippen molar-refractivity contribution in [3.8, 4) is 5.75 Å². The van der Waals surface area contributed by atoms with Gasteiger partial charge in [-0.1, -0.05) is 18.2 Å². The molecule has 0 bridgehead atoms. The molecule has 0 saturated carbocycles. The number of carbonyl (C=O) groups excluding carboxylic acids is 1. The average Bonchev–Trinajstić information content (AvgIpc) is 3.45. The van der Waals surface area contributed by atoms with E-state index in [9.17, 15) is 4.79 Å². The maximum absolute atomic E-state index is 12.6. The summed E-state index contributed by atoms with van der Waals surface area (Å²) < 4.78 is 6.11. The molecule has 7 nitrogen and oxygen atoms in total. The molecule has 1 aromatic carbocycles. The lowest BCUT2D eigenvalue weighted by Crippen LogP contribution is -2.45. The van der Waals surface area contributed by atoms with Gasteiger partial charge in [0.05, 0.1) is 18.3 Å². The number of aromatic nitrogens is 2. The van der Waals surface area contributed by atoms with Gasteiger partial charge < -0.3 is 9.64 Å². The summed E-state index contributed by atoms with van der Waals surface area (Å²) in [5.41, 5.74) is 4.31. The molecule has 2 aromatic heterocycles. The van der Waals surface area contributed by atoms with Crippen molar-refractivity contribution in [1.29, 1.82) is 0 Å². The summed E-state index contributed by atoms with van der Waals surface area (Å²) in [4.78, 5) is 28.6. The van der Waals surface area contributed by atoms with Crippen LogP contribution in [0.4, 0.5) is 0 Å². The Balaban J connectivity index is 1.04. The molecule has 184 valence electrons. The third-order valence-electron chi connectivity index (χ3n) is 6.86. The molecule has 0 aliphatic carbocycles. The monoisotopic (exact) mass is 491 g/mol. The van der Waals surface area contributed by atoms with Crippen LogP contribution in [0.25, 0.3) is 0 Å². The molecule has 0 spiro atoms. The van der Waals surface area contributed by atoms with E-state index in [1.165, 1.54) is 22.5 Å². The molecule has 2 saturated heterocycles. The molecule has 1 atom stereocenters. The number of thiazole rings is 1. The number of carbonyl (C=O) groups is 1. The minimum absolute atomic E-state index is 0.0967. The fraction of sp³-hybridized carbons (Fsp3) is 0.444. The van der Waals surface area contributed by atoms with Crippen molar-refractivity contribution in [2.75, 3.05) is 45.9 Å². The van der Waals surface area contributed by atoms with Crippen molar-refractivity contribution in [2.45, 2.75) is 25.9 Å². The minimum Gasteiger partial charge on any atom is -0.493 e. The van der Waals surface area contributed by atoms with Crippen LogP contribution < -0.4 is 4.74 Å². The summed E-state index contributed by atoms with van der Waals surface area (Å²) in [5.74, 6) is 1.36. The van der Waals surface area contributed by atoms with Gasteiger partial charge in [-0.05, 0) is 42.2 Å². The summed E-state index contributed by atoms with van der Waals surface area (Å²) in [6.07, 6.45) is 7.57. The van der Waals surface area contributed by atoms with E-state index in [0.29, 0.717) is 12.5 Å². The molecule has 2 fully saturated rings. The summed E-state index contributed by atoms with van der Waals surface area (Å²) in [6.45, 7) is 8.49. The van der Waals surface area contributed by atoms with Crippen LogP contribution in [-0.4, -0.2) is 76.5 Å². The number of nitrogens with zero attached hydrogens (tertiary/aromatic N) is 5. The van der Waals surface area contributed by atoms with Crippen LogP contribution in [0.1, 0.15) is 33.6 Å². The van der Waals surface area contributed by atoms with Crippen molar-refractivity contribution in [2.24, 2.45) is 5.92 Å². The normalized spacial score (nSPS) is 19.5. The van der Waals surface area contributed by atoms with E-state index in [2.05, 4.69) is 50.1 Å². The standard InChI is InChI=1S/C27H33N5O2S/c33-27(26-16-29-21-35-26)32-10-2-4-24(19-32)20-34-25-7-5-22(6-8-25)17-30-11-13-31(14-12-30)18-23-3-1-9-28-15-23/h1,3,5-9,15-16,21,24H,2,4,10-14,17-20H2/t24-/m0/s1. The van der Waals surface area contributed by atoms with Crippen LogP contribution in [0.15, 0.2) is 60.5 Å². The molecule has 5 rings (SSSR count). The highest BCUT2D eigenvalue weighted by atomic mass is 32.1. The van der Waals surface area contributed by atoms with Crippen LogP contribution in [-0.2, 0) is 13.1 Å². The molecule has 2 aliphatic heterocycles. The quantitative estimate of drug-likeness (QED) is 0.478. The van der Waals surface area contributed by atoms with Crippen molar-refractivity contribution in [3.63, 3.8) is 0 Å². The Kier molecular flexibility index (Phi) is 8.03. The van der Waals surface area contributed by atoms with E-state index in [-0.39, 0.29) is 5.91 Å². The lowest BCUT2D eigenvalue weighted by atomic mass is 9.99. The lowest BCUT2D eigenvalue weighted by molar-refractivity contribution is 0.0638. The van der Waals surface area contributed by atoms with Crippen LogP contribution in [0, 0.1) is 5.92 Å². The topological polar surface area (TPSA) is 61.8 Å². The van der Waals surface area contributed by atoms with Crippen LogP contribution >= 0.6 is 11.3 Å². The number of rotatable bonds is 8. The van der Waals surface area contributed by atoms with Gasteiger partial charge in [-0.15, -0.1) is 11.3 Å². The van der Waals surface area contributed by atoms with Gasteiger partial charge in [-0.3, -0.25) is 24.6 Å². The SMILES string of the molecule is O=C(c1cncs1)N1CCC[C@H](COc2ccc(CN3CCN(Cc4cccnc4)CC3)cc2)C1. The van der Waals surface area contributed by atoms with Gasteiger partial charge in [0.25, 0.3) is 5.91 Å². The van der Waals surface area contributed by atoms with Crippen LogP contribution in [0.2, 0.25) is 0 Å². The fourth-order valence-electron chi connectivity index (χ4n) is 4.88. The Morgan fingerprint density at radius 3 is 2.40 bits per heavy atom. The Hall–Kier alpha value is -2.81. The van der Waals surface area contributed by atoms with Crippen molar-refractivity contribution >= 4 is 17.2 Å². The maximum atomic E-state index is 12.6. The van der Waals surface area contributed by atoms with E-state index < -0.39 is 0 Å². The number of hydrogen-bond donors (Lipinski definition) is 0. The molecule has 0 unspecified atom stereocenters. The smallest absolute Gasteiger partial charge is 0.265 e. The Morgan fingerprint density at radius 2 is 1.71 bits per heavy atom. The number of benzene rings is 1. The third kappa shape index (κ3) is 6.66. The highest BCUT2D eigenvalue weighted by Crippen LogP contribution is 2.22. The highest BCUT2D eigenvalue weighted by molar-refractivity contribution is 7.11. The van der Waals surface area contributed by atoms with Gasteiger partial charge in [-0.2, -0.15) is 0 Å². The first-order valence-corrected chi connectivity index (χ1v) is 13.3. The molecular weight excluding hydrogens is 458 g/mol. The fourth-order valence-corrected chi connectivity index (χ4v) is 5.47. The van der Waals surface area contributed by atoms with Gasteiger partial charge in [0, 0.05) is 70.7 Å². The molecule has 1 amide bonds. The molecular formula is C27H33N5O2S. The third-order valence-corrected chi connectivity index (χ3v) is 7.62. The molecule has 35 heavy (non-hydrogen) atoms. The number of hydrogen-bond acceptors (Lipinski definition) is 7. The number of ether oxygens (including phenoxy) is 1. The predicted molar refractivity (Wildman–Crippen MR) is 137 cm³/mol. The van der Waals surface area contributed by atoms with E-state index in [1.807, 2.05) is 23.4 Å². The largest absolute Gasteiger partial charge is 0.493 e. The molecule has 8 heteroatoms. The number of likely N-dealkylation sites (tertiary alicyclic amines) is 1. The zero-order valence-electron chi connectivity index (χ0n) is 20.1. The van der Waals surface area contributed by atoms with Crippen molar-refractivity contribution in [3.05, 3.63) is 76.5 Å². The van der Waals surface area contributed by atoms with E-state index in [4.69, 9.17) is 4.74 Å². The van der Waals surface area contributed by atoms with E-state index in [1.54, 1.807) is 11.7 Å². The molecule has 0 N–H and O–H groups in total. The predicted octanol–water partition coefficient (Wildman–Crippen LogP) is 3.79. The first-order valence-electron chi connectivity index (χ1n) is 12.5. The lowest BCUT2D eigenvalue weighted by Gasteiger charge is -2.34. The van der Waals surface area contributed by atoms with Crippen molar-refractivity contribution in [1.82, 2.24) is 24.7 Å². The number of amides is 1. The Bertz CT molecular complexity index is 1050. The van der Waals surface area contributed by atoms with Gasteiger partial charge in [0.15, 0.2) is 0 Å². The molecule has 0 radical (unpaired) electrons. The zero-order valence-corrected chi connectivity index (χ0v) is 20.9. The second kappa shape index (κ2) is 11.7. The van der Waals surface area contributed by atoms with Gasteiger partial charge in [0.2, 0.25) is 0 Å². The van der Waals surface area contributed by atoms with Gasteiger partial charge >= 0.3 is 0 Å². The van der Waals surface area contributed by atoms with Gasteiger partial charge in [0.1, 0.15) is 10.6 Å². The summed E-state index contributed by atoms with van der Waals surface area (Å²) in [6, 6.07) is 12.7. The summed E-state index contributed by atoms with van der Waals surface area (Å²) in [7, 11) is 0. The average molecular weight is 492 g/mol. The number of piperidine rings is 1. The van der Waals surface area contributed by atoms with E-state index >= 15 is 0 Å². The summed E-state index contributed by atoms with van der Waals surface area (Å²) in [5, 5.41) is 0. The van der Waals surface area contributed by atoms with Crippen LogP contribution in [0.3, 0.4) is 0 Å². The van der Waals surface area contributed by atoms with E-state index in [0.717, 1.165) is 75.8 Å². The molecule has 2 aliphatic rings. The first-order chi connectivity index (χ1) is 17.2. The Labute approximate surface area is 211 Å². The van der Waals surface area contributed by atoms with Crippen molar-refractivity contribution < 1.29 is 9.53 Å². The first kappa shape index (κ1) is 23.9. The number of pyridine rings is 1. The second-order valence-corrected chi connectivity index (χ2v) is 10.4. The summed E-state index contributed by atoms with van der Waals surface area (Å²) >= 11 is 1.41. The zero-order chi connectivity index (χ0) is 23.9. The van der Waals surface area contributed by atoms with Gasteiger partial charge in [-0.25, -0.2) is 0 Å². The molecule has 3 aromatic rings.